The molecule has 1 aliphatic rings. The highest BCUT2D eigenvalue weighted by molar-refractivity contribution is 5.89. The maximum absolute atomic E-state index is 11.5. The molecule has 0 spiro atoms. The van der Waals surface area contributed by atoms with Gasteiger partial charge in [-0.05, 0) is 44.7 Å². The van der Waals surface area contributed by atoms with Crippen molar-refractivity contribution in [1.29, 1.82) is 0 Å². The zero-order chi connectivity index (χ0) is 14.4. The van der Waals surface area contributed by atoms with Gasteiger partial charge in [-0.15, -0.1) is 0 Å². The Hall–Kier alpha value is -1.58. The molecule has 1 heterocycles. The summed E-state index contributed by atoms with van der Waals surface area (Å²) in [4.78, 5) is 15.8. The first-order valence-electron chi connectivity index (χ1n) is 7.60. The van der Waals surface area contributed by atoms with Crippen molar-refractivity contribution in [3.63, 3.8) is 0 Å². The molecule has 0 amide bonds. The van der Waals surface area contributed by atoms with Crippen molar-refractivity contribution >= 4 is 11.8 Å². The van der Waals surface area contributed by atoms with Crippen LogP contribution in [0.3, 0.4) is 0 Å². The Morgan fingerprint density at radius 2 is 2.15 bits per heavy atom. The lowest BCUT2D eigenvalue weighted by molar-refractivity contribution is 0.0526. The molecule has 1 aromatic rings. The SMILES string of the molecule is CCOC(=O)c1ccc(NC(C)C2CCCCC2)nc1. The predicted molar refractivity (Wildman–Crippen MR) is 79.9 cm³/mol. The fourth-order valence-electron chi connectivity index (χ4n) is 2.80. The second kappa shape index (κ2) is 7.27. The Kier molecular flexibility index (Phi) is 5.39. The summed E-state index contributed by atoms with van der Waals surface area (Å²) in [6, 6.07) is 4.04. The van der Waals surface area contributed by atoms with E-state index < -0.39 is 0 Å². The van der Waals surface area contributed by atoms with Crippen LogP contribution in [0.1, 0.15) is 56.3 Å². The van der Waals surface area contributed by atoms with Crippen molar-refractivity contribution in [2.45, 2.75) is 52.0 Å². The van der Waals surface area contributed by atoms with Crippen molar-refractivity contribution in [3.05, 3.63) is 23.9 Å². The van der Waals surface area contributed by atoms with Crippen molar-refractivity contribution in [2.75, 3.05) is 11.9 Å². The minimum atomic E-state index is -0.313. The molecular formula is C16H24N2O2. The number of pyridine rings is 1. The Morgan fingerprint density at radius 1 is 1.40 bits per heavy atom. The molecule has 110 valence electrons. The van der Waals surface area contributed by atoms with Crippen LogP contribution in [0.15, 0.2) is 18.3 Å². The summed E-state index contributed by atoms with van der Waals surface area (Å²) < 4.78 is 4.94. The van der Waals surface area contributed by atoms with Crippen LogP contribution >= 0.6 is 0 Å². The zero-order valence-electron chi connectivity index (χ0n) is 12.4. The number of rotatable bonds is 5. The number of esters is 1. The van der Waals surface area contributed by atoms with Crippen LogP contribution in [0.2, 0.25) is 0 Å². The predicted octanol–water partition coefficient (Wildman–Crippen LogP) is 3.64. The van der Waals surface area contributed by atoms with Gasteiger partial charge in [0.25, 0.3) is 0 Å². The molecule has 1 N–H and O–H groups in total. The van der Waals surface area contributed by atoms with Gasteiger partial charge in [0.05, 0.1) is 12.2 Å². The van der Waals surface area contributed by atoms with Gasteiger partial charge < -0.3 is 10.1 Å². The molecule has 1 aliphatic carbocycles. The molecule has 4 nitrogen and oxygen atoms in total. The minimum Gasteiger partial charge on any atom is -0.462 e. The second-order valence-electron chi connectivity index (χ2n) is 5.48. The van der Waals surface area contributed by atoms with Crippen molar-refractivity contribution < 1.29 is 9.53 Å². The number of carbonyl (C=O) groups excluding carboxylic acids is 1. The summed E-state index contributed by atoms with van der Waals surface area (Å²) in [5.74, 6) is 1.25. The molecule has 0 aliphatic heterocycles. The normalized spacial score (nSPS) is 17.5. The third-order valence-corrected chi connectivity index (χ3v) is 4.01. The molecule has 20 heavy (non-hydrogen) atoms. The average molecular weight is 276 g/mol. The number of hydrogen-bond donors (Lipinski definition) is 1. The fraction of sp³-hybridized carbons (Fsp3) is 0.625. The molecular weight excluding hydrogens is 252 g/mol. The van der Waals surface area contributed by atoms with Gasteiger partial charge in [0.15, 0.2) is 0 Å². The Balaban J connectivity index is 1.91. The smallest absolute Gasteiger partial charge is 0.339 e. The highest BCUT2D eigenvalue weighted by Crippen LogP contribution is 2.27. The monoisotopic (exact) mass is 276 g/mol. The largest absolute Gasteiger partial charge is 0.462 e. The lowest BCUT2D eigenvalue weighted by atomic mass is 9.84. The van der Waals surface area contributed by atoms with E-state index in [4.69, 9.17) is 4.74 Å². The van der Waals surface area contributed by atoms with Crippen LogP contribution in [0.5, 0.6) is 0 Å². The van der Waals surface area contributed by atoms with E-state index in [2.05, 4.69) is 17.2 Å². The van der Waals surface area contributed by atoms with Gasteiger partial charge in [0.1, 0.15) is 5.82 Å². The summed E-state index contributed by atoms with van der Waals surface area (Å²) in [5.41, 5.74) is 0.503. The van der Waals surface area contributed by atoms with Gasteiger partial charge in [0, 0.05) is 12.2 Å². The van der Waals surface area contributed by atoms with E-state index in [1.54, 1.807) is 19.2 Å². The molecule has 2 rings (SSSR count). The fourth-order valence-corrected chi connectivity index (χ4v) is 2.80. The number of aromatic nitrogens is 1. The van der Waals surface area contributed by atoms with E-state index in [1.165, 1.54) is 32.1 Å². The highest BCUT2D eigenvalue weighted by Gasteiger charge is 2.20. The van der Waals surface area contributed by atoms with Gasteiger partial charge in [-0.3, -0.25) is 0 Å². The van der Waals surface area contributed by atoms with Gasteiger partial charge in [0.2, 0.25) is 0 Å². The first-order chi connectivity index (χ1) is 9.70. The van der Waals surface area contributed by atoms with Crippen LogP contribution in [-0.4, -0.2) is 23.6 Å². The van der Waals surface area contributed by atoms with Crippen LogP contribution in [0.25, 0.3) is 0 Å². The molecule has 1 aromatic heterocycles. The van der Waals surface area contributed by atoms with Crippen molar-refractivity contribution in [1.82, 2.24) is 4.98 Å². The molecule has 1 unspecified atom stereocenters. The quantitative estimate of drug-likeness (QED) is 0.834. The number of ether oxygens (including phenoxy) is 1. The third-order valence-electron chi connectivity index (χ3n) is 4.01. The molecule has 0 bridgehead atoms. The van der Waals surface area contributed by atoms with Gasteiger partial charge in [-0.25, -0.2) is 9.78 Å². The maximum atomic E-state index is 11.5. The summed E-state index contributed by atoms with van der Waals surface area (Å²) in [6.07, 6.45) is 8.23. The topological polar surface area (TPSA) is 51.2 Å². The Morgan fingerprint density at radius 3 is 2.75 bits per heavy atom. The standard InChI is InChI=1S/C16H24N2O2/c1-3-20-16(19)14-9-10-15(17-11-14)18-12(2)13-7-5-4-6-8-13/h9-13H,3-8H2,1-2H3,(H,17,18). The molecule has 1 fully saturated rings. The highest BCUT2D eigenvalue weighted by atomic mass is 16.5. The average Bonchev–Trinajstić information content (AvgIpc) is 2.49. The van der Waals surface area contributed by atoms with Gasteiger partial charge >= 0.3 is 5.97 Å². The number of anilines is 1. The lowest BCUT2D eigenvalue weighted by Crippen LogP contribution is -2.28. The van der Waals surface area contributed by atoms with E-state index in [9.17, 15) is 4.79 Å². The Bertz CT molecular complexity index is 425. The maximum Gasteiger partial charge on any atom is 0.339 e. The zero-order valence-corrected chi connectivity index (χ0v) is 12.4. The van der Waals surface area contributed by atoms with E-state index >= 15 is 0 Å². The van der Waals surface area contributed by atoms with E-state index in [0.29, 0.717) is 18.2 Å². The van der Waals surface area contributed by atoms with Crippen molar-refractivity contribution in [2.24, 2.45) is 5.92 Å². The summed E-state index contributed by atoms with van der Waals surface area (Å²) in [6.45, 7) is 4.40. The second-order valence-corrected chi connectivity index (χ2v) is 5.48. The lowest BCUT2D eigenvalue weighted by Gasteiger charge is -2.28. The van der Waals surface area contributed by atoms with E-state index in [0.717, 1.165) is 11.7 Å². The number of nitrogens with one attached hydrogen (secondary N) is 1. The minimum absolute atomic E-state index is 0.313. The Labute approximate surface area is 120 Å². The molecule has 0 radical (unpaired) electrons. The number of carbonyl (C=O) groups is 1. The van der Waals surface area contributed by atoms with E-state index in [1.807, 2.05) is 6.07 Å². The molecule has 1 atom stereocenters. The number of nitrogens with zero attached hydrogens (tertiary/aromatic N) is 1. The van der Waals surface area contributed by atoms with Gasteiger partial charge in [-0.1, -0.05) is 19.3 Å². The van der Waals surface area contributed by atoms with Gasteiger partial charge in [-0.2, -0.15) is 0 Å². The molecule has 1 saturated carbocycles. The van der Waals surface area contributed by atoms with Crippen molar-refractivity contribution in [3.8, 4) is 0 Å². The first-order valence-corrected chi connectivity index (χ1v) is 7.60. The van der Waals surface area contributed by atoms with Crippen LogP contribution < -0.4 is 5.32 Å². The molecule has 4 heteroatoms. The molecule has 0 saturated heterocycles. The van der Waals surface area contributed by atoms with Crippen LogP contribution in [0, 0.1) is 5.92 Å². The number of hydrogen-bond acceptors (Lipinski definition) is 4. The first kappa shape index (κ1) is 14.8. The summed E-state index contributed by atoms with van der Waals surface area (Å²) >= 11 is 0. The summed E-state index contributed by atoms with van der Waals surface area (Å²) in [5, 5.41) is 3.45. The third kappa shape index (κ3) is 3.95. The van der Waals surface area contributed by atoms with Crippen LogP contribution in [0.4, 0.5) is 5.82 Å². The van der Waals surface area contributed by atoms with Crippen LogP contribution in [-0.2, 0) is 4.74 Å². The molecule has 0 aromatic carbocycles. The van der Waals surface area contributed by atoms with E-state index in [-0.39, 0.29) is 5.97 Å². The summed E-state index contributed by atoms with van der Waals surface area (Å²) in [7, 11) is 0.